The molecule has 7 heteroatoms. The molecule has 7 nitrogen and oxygen atoms in total. The van der Waals surface area contributed by atoms with Gasteiger partial charge in [0.1, 0.15) is 11.9 Å². The van der Waals surface area contributed by atoms with E-state index < -0.39 is 6.04 Å². The average molecular weight is 285 g/mol. The van der Waals surface area contributed by atoms with Crippen molar-refractivity contribution in [3.8, 4) is 11.4 Å². The summed E-state index contributed by atoms with van der Waals surface area (Å²) >= 11 is 0. The number of imide groups is 1. The van der Waals surface area contributed by atoms with E-state index in [2.05, 4.69) is 15.2 Å². The Morgan fingerprint density at radius 2 is 1.90 bits per heavy atom. The minimum Gasteiger partial charge on any atom is -0.315 e. The third kappa shape index (κ3) is 2.26. The van der Waals surface area contributed by atoms with E-state index in [-0.39, 0.29) is 11.9 Å². The number of hydrogen-bond donors (Lipinski definition) is 1. The molecule has 1 aliphatic heterocycles. The summed E-state index contributed by atoms with van der Waals surface area (Å²) in [6.07, 6.45) is 0.325. The number of benzene rings is 1. The summed E-state index contributed by atoms with van der Waals surface area (Å²) in [5.41, 5.74) is 0.902. The lowest BCUT2D eigenvalue weighted by molar-refractivity contribution is -0.127. The molecule has 108 valence electrons. The number of aromatic amines is 1. The van der Waals surface area contributed by atoms with Crippen LogP contribution in [-0.4, -0.2) is 57.1 Å². The first kappa shape index (κ1) is 13.3. The highest BCUT2D eigenvalue weighted by atomic mass is 16.2. The molecule has 2 heterocycles. The molecule has 1 unspecified atom stereocenters. The normalized spacial score (nSPS) is 18.7. The van der Waals surface area contributed by atoms with Crippen molar-refractivity contribution in [3.05, 3.63) is 36.2 Å². The Kier molecular flexibility index (Phi) is 3.17. The van der Waals surface area contributed by atoms with Crippen molar-refractivity contribution in [1.82, 2.24) is 25.0 Å². The molecule has 1 saturated heterocycles. The Bertz CT molecular complexity index is 682. The Morgan fingerprint density at radius 3 is 2.52 bits per heavy atom. The summed E-state index contributed by atoms with van der Waals surface area (Å²) in [6, 6.07) is 8.74. The average Bonchev–Trinajstić information content (AvgIpc) is 3.05. The summed E-state index contributed by atoms with van der Waals surface area (Å²) < 4.78 is 0. The quantitative estimate of drug-likeness (QED) is 0.850. The van der Waals surface area contributed by atoms with Gasteiger partial charge in [-0.05, 0) is 0 Å². The van der Waals surface area contributed by atoms with Crippen molar-refractivity contribution >= 4 is 11.9 Å². The van der Waals surface area contributed by atoms with Crippen LogP contribution in [0.5, 0.6) is 0 Å². The van der Waals surface area contributed by atoms with E-state index in [0.717, 1.165) is 10.5 Å². The minimum absolute atomic E-state index is 0.222. The zero-order valence-electron chi connectivity index (χ0n) is 11.8. The fraction of sp³-hybridized carbons (Fsp3) is 0.286. The molecule has 0 saturated carbocycles. The Balaban J connectivity index is 1.79. The highest BCUT2D eigenvalue weighted by molar-refractivity contribution is 6.03. The highest BCUT2D eigenvalue weighted by Gasteiger charge is 2.41. The van der Waals surface area contributed by atoms with Gasteiger partial charge in [0.2, 0.25) is 0 Å². The van der Waals surface area contributed by atoms with Crippen LogP contribution in [0, 0.1) is 0 Å². The van der Waals surface area contributed by atoms with E-state index in [1.165, 1.54) is 11.9 Å². The van der Waals surface area contributed by atoms with Crippen molar-refractivity contribution in [2.24, 2.45) is 0 Å². The largest absolute Gasteiger partial charge is 0.326 e. The van der Waals surface area contributed by atoms with Gasteiger partial charge in [-0.3, -0.25) is 14.8 Å². The van der Waals surface area contributed by atoms with E-state index in [9.17, 15) is 9.59 Å². The topological polar surface area (TPSA) is 82.2 Å². The van der Waals surface area contributed by atoms with E-state index in [0.29, 0.717) is 18.1 Å². The predicted octanol–water partition coefficient (Wildman–Crippen LogP) is 0.907. The highest BCUT2D eigenvalue weighted by Crippen LogP contribution is 2.18. The second kappa shape index (κ2) is 5.01. The smallest absolute Gasteiger partial charge is 0.315 e. The van der Waals surface area contributed by atoms with Gasteiger partial charge < -0.3 is 4.90 Å². The van der Waals surface area contributed by atoms with Gasteiger partial charge in [-0.25, -0.2) is 9.78 Å². The monoisotopic (exact) mass is 285 g/mol. The van der Waals surface area contributed by atoms with Crippen LogP contribution in [0.15, 0.2) is 30.3 Å². The van der Waals surface area contributed by atoms with Crippen LogP contribution in [0.3, 0.4) is 0 Å². The molecule has 1 aromatic carbocycles. The first-order chi connectivity index (χ1) is 10.1. The van der Waals surface area contributed by atoms with Crippen LogP contribution in [0.1, 0.15) is 5.82 Å². The molecule has 2 aromatic rings. The van der Waals surface area contributed by atoms with Gasteiger partial charge in [0.05, 0.1) is 0 Å². The summed E-state index contributed by atoms with van der Waals surface area (Å²) in [7, 11) is 3.10. The molecule has 0 aliphatic carbocycles. The molecule has 1 aliphatic rings. The number of carbonyl (C=O) groups excluding carboxylic acids is 2. The standard InChI is InChI=1S/C14H15N5O2/c1-18-10(13(20)19(2)14(18)21)8-11-15-12(17-16-11)9-6-4-3-5-7-9/h3-7,10H,8H2,1-2H3,(H,15,16,17). The van der Waals surface area contributed by atoms with Crippen LogP contribution in [-0.2, 0) is 11.2 Å². The Morgan fingerprint density at radius 1 is 1.19 bits per heavy atom. The van der Waals surface area contributed by atoms with Crippen molar-refractivity contribution in [3.63, 3.8) is 0 Å². The fourth-order valence-corrected chi connectivity index (χ4v) is 2.36. The Labute approximate surface area is 121 Å². The summed E-state index contributed by atoms with van der Waals surface area (Å²) in [4.78, 5) is 30.7. The van der Waals surface area contributed by atoms with Gasteiger partial charge in [0.15, 0.2) is 5.82 Å². The number of amides is 3. The lowest BCUT2D eigenvalue weighted by Gasteiger charge is -2.14. The van der Waals surface area contributed by atoms with Gasteiger partial charge in [-0.1, -0.05) is 30.3 Å². The number of aromatic nitrogens is 3. The van der Waals surface area contributed by atoms with E-state index in [1.807, 2.05) is 30.3 Å². The predicted molar refractivity (Wildman–Crippen MR) is 75.2 cm³/mol. The molecule has 0 radical (unpaired) electrons. The second-order valence-corrected chi connectivity index (χ2v) is 4.98. The number of rotatable bonds is 3. The molecule has 3 amide bonds. The maximum absolute atomic E-state index is 12.0. The molecule has 1 aromatic heterocycles. The molecule has 1 atom stereocenters. The van der Waals surface area contributed by atoms with Gasteiger partial charge in [0.25, 0.3) is 5.91 Å². The van der Waals surface area contributed by atoms with Gasteiger partial charge in [0, 0.05) is 26.1 Å². The summed E-state index contributed by atoms with van der Waals surface area (Å²) in [5, 5.41) is 6.98. The third-order valence-corrected chi connectivity index (χ3v) is 3.62. The number of carbonyl (C=O) groups is 2. The lowest BCUT2D eigenvalue weighted by Crippen LogP contribution is -2.33. The molecule has 0 spiro atoms. The Hall–Kier alpha value is -2.70. The van der Waals surface area contributed by atoms with Crippen molar-refractivity contribution in [1.29, 1.82) is 0 Å². The van der Waals surface area contributed by atoms with Crippen LogP contribution >= 0.6 is 0 Å². The number of urea groups is 1. The zero-order valence-corrected chi connectivity index (χ0v) is 11.8. The number of nitrogens with zero attached hydrogens (tertiary/aromatic N) is 4. The third-order valence-electron chi connectivity index (χ3n) is 3.62. The first-order valence-corrected chi connectivity index (χ1v) is 6.59. The van der Waals surface area contributed by atoms with Crippen LogP contribution in [0.4, 0.5) is 4.79 Å². The SMILES string of the molecule is CN1C(=O)C(Cc2nc(-c3ccccc3)n[nH]2)N(C)C1=O. The number of likely N-dealkylation sites (N-methyl/N-ethyl adjacent to an activating group) is 2. The number of hydrogen-bond acceptors (Lipinski definition) is 4. The second-order valence-electron chi connectivity index (χ2n) is 4.98. The van der Waals surface area contributed by atoms with E-state index in [1.54, 1.807) is 7.05 Å². The van der Waals surface area contributed by atoms with Crippen LogP contribution < -0.4 is 0 Å². The molecule has 21 heavy (non-hydrogen) atoms. The van der Waals surface area contributed by atoms with Crippen molar-refractivity contribution in [2.45, 2.75) is 12.5 Å². The fourth-order valence-electron chi connectivity index (χ4n) is 2.36. The molecule has 3 rings (SSSR count). The van der Waals surface area contributed by atoms with E-state index >= 15 is 0 Å². The number of nitrogens with one attached hydrogen (secondary N) is 1. The molecular formula is C14H15N5O2. The van der Waals surface area contributed by atoms with Gasteiger partial charge in [-0.2, -0.15) is 5.10 Å². The maximum Gasteiger partial charge on any atom is 0.326 e. The summed E-state index contributed by atoms with van der Waals surface area (Å²) in [6.45, 7) is 0. The van der Waals surface area contributed by atoms with E-state index in [4.69, 9.17) is 0 Å². The first-order valence-electron chi connectivity index (χ1n) is 6.59. The maximum atomic E-state index is 12.0. The molecule has 1 N–H and O–H groups in total. The summed E-state index contributed by atoms with van der Waals surface area (Å²) in [5.74, 6) is 0.945. The molecule has 1 fully saturated rings. The van der Waals surface area contributed by atoms with Crippen molar-refractivity contribution in [2.75, 3.05) is 14.1 Å². The number of H-pyrrole nitrogens is 1. The minimum atomic E-state index is -0.529. The van der Waals surface area contributed by atoms with Crippen LogP contribution in [0.25, 0.3) is 11.4 Å². The van der Waals surface area contributed by atoms with Crippen molar-refractivity contribution < 1.29 is 9.59 Å². The molecular weight excluding hydrogens is 270 g/mol. The lowest BCUT2D eigenvalue weighted by atomic mass is 10.2. The van der Waals surface area contributed by atoms with Gasteiger partial charge >= 0.3 is 6.03 Å². The van der Waals surface area contributed by atoms with Gasteiger partial charge in [-0.15, -0.1) is 0 Å². The van der Waals surface area contributed by atoms with Crippen LogP contribution in [0.2, 0.25) is 0 Å². The zero-order chi connectivity index (χ0) is 15.0. The molecule has 0 bridgehead atoms.